The molecule has 0 aliphatic rings. The molecule has 0 spiro atoms. The van der Waals surface area contributed by atoms with Gasteiger partial charge in [-0.25, -0.2) is 4.79 Å². The zero-order valence-electron chi connectivity index (χ0n) is 16.6. The van der Waals surface area contributed by atoms with E-state index in [0.29, 0.717) is 18.6 Å². The van der Waals surface area contributed by atoms with E-state index < -0.39 is 22.7 Å². The van der Waals surface area contributed by atoms with Crippen molar-refractivity contribution in [2.45, 2.75) is 12.8 Å². The zero-order chi connectivity index (χ0) is 22.2. The summed E-state index contributed by atoms with van der Waals surface area (Å²) in [5.74, 6) is -1.48. The number of nitrogens with one attached hydrogen (secondary N) is 1. The van der Waals surface area contributed by atoms with E-state index in [2.05, 4.69) is 10.3 Å². The molecular formula is C21H19N3O7. The van der Waals surface area contributed by atoms with Crippen molar-refractivity contribution in [2.24, 2.45) is 0 Å². The van der Waals surface area contributed by atoms with Gasteiger partial charge in [-0.1, -0.05) is 12.1 Å². The normalized spacial score (nSPS) is 10.4. The molecule has 0 aliphatic carbocycles. The summed E-state index contributed by atoms with van der Waals surface area (Å²) in [6, 6.07) is 10.4. The second-order valence-corrected chi connectivity index (χ2v) is 6.37. The Bertz CT molecular complexity index is 1090. The number of carbonyl (C=O) groups excluding carboxylic acids is 2. The molecule has 0 saturated heterocycles. The van der Waals surface area contributed by atoms with Crippen LogP contribution in [0.2, 0.25) is 0 Å². The molecule has 3 rings (SSSR count). The van der Waals surface area contributed by atoms with E-state index in [4.69, 9.17) is 13.9 Å². The summed E-state index contributed by atoms with van der Waals surface area (Å²) in [4.78, 5) is 38.8. The maximum Gasteiger partial charge on any atom is 0.433 e. The number of aromatic nitrogens is 1. The molecule has 2 heterocycles. The minimum Gasteiger partial charge on any atom is -0.495 e. The Morgan fingerprint density at radius 1 is 1.19 bits per heavy atom. The van der Waals surface area contributed by atoms with Gasteiger partial charge in [0.1, 0.15) is 10.7 Å². The number of methoxy groups -OCH3 is 1. The topological polar surface area (TPSA) is 134 Å². The lowest BCUT2D eigenvalue weighted by atomic mass is 10.1. The number of pyridine rings is 1. The van der Waals surface area contributed by atoms with Gasteiger partial charge in [-0.05, 0) is 42.7 Å². The number of amides is 1. The summed E-state index contributed by atoms with van der Waals surface area (Å²) in [6.07, 6.45) is 4.54. The Labute approximate surface area is 177 Å². The molecule has 1 amide bonds. The summed E-state index contributed by atoms with van der Waals surface area (Å²) in [7, 11) is 1.56. The smallest absolute Gasteiger partial charge is 0.433 e. The first-order chi connectivity index (χ1) is 15.0. The fourth-order valence-electron chi connectivity index (χ4n) is 2.73. The number of nitrogens with zero attached hydrogens (tertiary/aromatic N) is 2. The lowest BCUT2D eigenvalue weighted by molar-refractivity contribution is -0.402. The molecule has 10 heteroatoms. The SMILES string of the molecule is COc1cncc(CCCOC(=O)c2ccccc2NC(=O)c2ccc([N+](=O)[O-])o2)c1. The molecule has 0 fully saturated rings. The van der Waals surface area contributed by atoms with Crippen molar-refractivity contribution in [2.75, 3.05) is 19.0 Å². The molecule has 2 aromatic heterocycles. The van der Waals surface area contributed by atoms with Gasteiger partial charge in [0.2, 0.25) is 0 Å². The number of hydrogen-bond donors (Lipinski definition) is 1. The Morgan fingerprint density at radius 3 is 2.74 bits per heavy atom. The van der Waals surface area contributed by atoms with Crippen LogP contribution >= 0.6 is 0 Å². The molecule has 1 aromatic carbocycles. The number of aryl methyl sites for hydroxylation is 1. The number of benzene rings is 1. The van der Waals surface area contributed by atoms with Gasteiger partial charge >= 0.3 is 11.9 Å². The van der Waals surface area contributed by atoms with Crippen LogP contribution in [-0.2, 0) is 11.2 Å². The number of carbonyl (C=O) groups is 2. The Morgan fingerprint density at radius 2 is 2.00 bits per heavy atom. The minimum atomic E-state index is -0.746. The minimum absolute atomic E-state index is 0.153. The van der Waals surface area contributed by atoms with Crippen LogP contribution in [0, 0.1) is 10.1 Å². The summed E-state index contributed by atoms with van der Waals surface area (Å²) in [5.41, 5.74) is 1.31. The van der Waals surface area contributed by atoms with Gasteiger partial charge in [-0.2, -0.15) is 0 Å². The molecule has 0 aliphatic heterocycles. The van der Waals surface area contributed by atoms with Crippen molar-refractivity contribution in [1.29, 1.82) is 0 Å². The van der Waals surface area contributed by atoms with Crippen LogP contribution in [0.4, 0.5) is 11.6 Å². The van der Waals surface area contributed by atoms with Crippen LogP contribution in [0.3, 0.4) is 0 Å². The third kappa shape index (κ3) is 5.66. The van der Waals surface area contributed by atoms with Crippen LogP contribution in [0.5, 0.6) is 5.75 Å². The number of esters is 1. The number of hydrogen-bond acceptors (Lipinski definition) is 8. The van der Waals surface area contributed by atoms with E-state index in [0.717, 1.165) is 11.6 Å². The summed E-state index contributed by atoms with van der Waals surface area (Å²) < 4.78 is 15.3. The van der Waals surface area contributed by atoms with Gasteiger partial charge in [-0.15, -0.1) is 0 Å². The van der Waals surface area contributed by atoms with E-state index in [1.807, 2.05) is 6.07 Å². The Balaban J connectivity index is 1.57. The van der Waals surface area contributed by atoms with Crippen molar-refractivity contribution in [1.82, 2.24) is 4.98 Å². The van der Waals surface area contributed by atoms with Gasteiger partial charge < -0.3 is 19.2 Å². The lowest BCUT2D eigenvalue weighted by Gasteiger charge is -2.10. The summed E-state index contributed by atoms with van der Waals surface area (Å²) in [6.45, 7) is 0.169. The molecule has 3 aromatic rings. The molecule has 0 bridgehead atoms. The highest BCUT2D eigenvalue weighted by atomic mass is 16.6. The van der Waals surface area contributed by atoms with Crippen molar-refractivity contribution in [3.8, 4) is 5.75 Å². The number of anilines is 1. The first-order valence-corrected chi connectivity index (χ1v) is 9.27. The maximum atomic E-state index is 12.5. The molecule has 31 heavy (non-hydrogen) atoms. The summed E-state index contributed by atoms with van der Waals surface area (Å²) >= 11 is 0. The van der Waals surface area contributed by atoms with Crippen LogP contribution in [0.15, 0.2) is 59.3 Å². The van der Waals surface area contributed by atoms with Gasteiger partial charge in [0.05, 0.1) is 37.2 Å². The quantitative estimate of drug-likeness (QED) is 0.238. The predicted octanol–water partition coefficient (Wildman–Crippen LogP) is 3.63. The fraction of sp³-hybridized carbons (Fsp3) is 0.190. The van der Waals surface area contributed by atoms with Gasteiger partial charge in [0, 0.05) is 6.20 Å². The highest BCUT2D eigenvalue weighted by molar-refractivity contribution is 6.06. The largest absolute Gasteiger partial charge is 0.495 e. The van der Waals surface area contributed by atoms with E-state index >= 15 is 0 Å². The molecule has 10 nitrogen and oxygen atoms in total. The maximum absolute atomic E-state index is 12.5. The van der Waals surface area contributed by atoms with Crippen molar-refractivity contribution in [3.63, 3.8) is 0 Å². The Kier molecular flexibility index (Phi) is 6.94. The molecule has 1 N–H and O–H groups in total. The van der Waals surface area contributed by atoms with Crippen LogP contribution in [0.1, 0.15) is 32.9 Å². The van der Waals surface area contributed by atoms with E-state index in [1.165, 1.54) is 18.2 Å². The van der Waals surface area contributed by atoms with Crippen molar-refractivity contribution < 1.29 is 28.4 Å². The van der Waals surface area contributed by atoms with Gasteiger partial charge in [0.25, 0.3) is 5.91 Å². The standard InChI is InChI=1S/C21H19N3O7/c1-29-15-11-14(12-22-13-15)5-4-10-30-21(26)16-6-2-3-7-17(16)23-20(25)18-8-9-19(31-18)24(27)28/h2-3,6-9,11-13H,4-5,10H2,1H3,(H,23,25). The number of nitro groups is 1. The molecule has 0 atom stereocenters. The first-order valence-electron chi connectivity index (χ1n) is 9.27. The van der Waals surface area contributed by atoms with Gasteiger partial charge in [-0.3, -0.25) is 19.9 Å². The monoisotopic (exact) mass is 425 g/mol. The predicted molar refractivity (Wildman–Crippen MR) is 109 cm³/mol. The molecule has 160 valence electrons. The van der Waals surface area contributed by atoms with Crippen LogP contribution in [0.25, 0.3) is 0 Å². The van der Waals surface area contributed by atoms with Crippen LogP contribution in [-0.4, -0.2) is 35.5 Å². The highest BCUT2D eigenvalue weighted by Gasteiger charge is 2.20. The number of furan rings is 1. The van der Waals surface area contributed by atoms with E-state index in [1.54, 1.807) is 31.6 Å². The second kappa shape index (κ2) is 10.0. The highest BCUT2D eigenvalue weighted by Crippen LogP contribution is 2.20. The lowest BCUT2D eigenvalue weighted by Crippen LogP contribution is -2.15. The second-order valence-electron chi connectivity index (χ2n) is 6.37. The molecular weight excluding hydrogens is 406 g/mol. The number of rotatable bonds is 9. The fourth-order valence-corrected chi connectivity index (χ4v) is 2.73. The summed E-state index contributed by atoms with van der Waals surface area (Å²) in [5, 5.41) is 13.2. The average molecular weight is 425 g/mol. The third-order valence-corrected chi connectivity index (χ3v) is 4.24. The van der Waals surface area contributed by atoms with Crippen molar-refractivity contribution in [3.05, 3.63) is 81.9 Å². The number of ether oxygens (including phenoxy) is 2. The molecule has 0 radical (unpaired) electrons. The molecule has 0 unspecified atom stereocenters. The molecule has 0 saturated carbocycles. The Hall–Kier alpha value is -4.21. The number of para-hydroxylation sites is 1. The van der Waals surface area contributed by atoms with Crippen molar-refractivity contribution >= 4 is 23.4 Å². The van der Waals surface area contributed by atoms with Gasteiger partial charge in [0.15, 0.2) is 5.76 Å². The van der Waals surface area contributed by atoms with E-state index in [-0.39, 0.29) is 23.6 Å². The first kappa shape index (κ1) is 21.5. The van der Waals surface area contributed by atoms with E-state index in [9.17, 15) is 19.7 Å². The third-order valence-electron chi connectivity index (χ3n) is 4.24. The average Bonchev–Trinajstić information content (AvgIpc) is 3.28. The zero-order valence-corrected chi connectivity index (χ0v) is 16.6. The van der Waals surface area contributed by atoms with Crippen LogP contribution < -0.4 is 10.1 Å².